The van der Waals surface area contributed by atoms with Gasteiger partial charge in [-0.15, -0.1) is 10.2 Å². The third-order valence-electron chi connectivity index (χ3n) is 4.39. The summed E-state index contributed by atoms with van der Waals surface area (Å²) in [6.45, 7) is 8.45. The van der Waals surface area contributed by atoms with Gasteiger partial charge in [0, 0.05) is 18.7 Å². The molecular formula is C16H20N4O. The molecule has 5 heteroatoms. The number of ketones is 1. The Kier molecular flexibility index (Phi) is 3.59. The van der Waals surface area contributed by atoms with Crippen molar-refractivity contribution in [3.8, 4) is 0 Å². The molecule has 0 saturated heterocycles. The molecule has 0 N–H and O–H groups in total. The Morgan fingerprint density at radius 2 is 2.05 bits per heavy atom. The molecule has 2 aromatic rings. The van der Waals surface area contributed by atoms with E-state index in [0.29, 0.717) is 6.54 Å². The van der Waals surface area contributed by atoms with E-state index in [2.05, 4.69) is 22.0 Å². The van der Waals surface area contributed by atoms with E-state index in [4.69, 9.17) is 0 Å². The highest BCUT2D eigenvalue weighted by atomic mass is 16.1. The maximum absolute atomic E-state index is 12.7. The van der Waals surface area contributed by atoms with E-state index in [0.717, 1.165) is 30.0 Å². The van der Waals surface area contributed by atoms with Crippen molar-refractivity contribution in [3.63, 3.8) is 0 Å². The molecule has 0 radical (unpaired) electrons. The van der Waals surface area contributed by atoms with E-state index < -0.39 is 0 Å². The van der Waals surface area contributed by atoms with Gasteiger partial charge in [0.1, 0.15) is 12.2 Å². The quantitative estimate of drug-likeness (QED) is 0.809. The van der Waals surface area contributed by atoms with Crippen LogP contribution in [-0.4, -0.2) is 38.0 Å². The number of hydrogen-bond acceptors (Lipinski definition) is 4. The Morgan fingerprint density at radius 1 is 1.24 bits per heavy atom. The second-order valence-electron chi connectivity index (χ2n) is 5.75. The first kappa shape index (κ1) is 13.9. The molecule has 2 heterocycles. The van der Waals surface area contributed by atoms with E-state index in [-0.39, 0.29) is 11.8 Å². The molecule has 1 aliphatic heterocycles. The molecule has 0 fully saturated rings. The molecule has 0 aliphatic carbocycles. The van der Waals surface area contributed by atoms with Crippen LogP contribution in [0.4, 0.5) is 0 Å². The maximum Gasteiger partial charge on any atom is 0.179 e. The van der Waals surface area contributed by atoms with Crippen LogP contribution in [0.15, 0.2) is 24.5 Å². The SMILES string of the molecule is Cc1ccc(C(=O)C(C)N2CCn3cnnc3C2)cc1C. The third kappa shape index (κ3) is 2.61. The van der Waals surface area contributed by atoms with Crippen molar-refractivity contribution in [1.29, 1.82) is 0 Å². The van der Waals surface area contributed by atoms with Crippen LogP contribution in [0.5, 0.6) is 0 Å². The van der Waals surface area contributed by atoms with Crippen molar-refractivity contribution in [2.24, 2.45) is 0 Å². The van der Waals surface area contributed by atoms with E-state index in [1.807, 2.05) is 36.6 Å². The summed E-state index contributed by atoms with van der Waals surface area (Å²) in [7, 11) is 0. The van der Waals surface area contributed by atoms with Crippen molar-refractivity contribution in [3.05, 3.63) is 47.0 Å². The minimum absolute atomic E-state index is 0.141. The Labute approximate surface area is 124 Å². The normalized spacial score (nSPS) is 16.5. The summed E-state index contributed by atoms with van der Waals surface area (Å²) < 4.78 is 2.05. The fraction of sp³-hybridized carbons (Fsp3) is 0.438. The Morgan fingerprint density at radius 3 is 2.81 bits per heavy atom. The van der Waals surface area contributed by atoms with E-state index >= 15 is 0 Å². The smallest absolute Gasteiger partial charge is 0.179 e. The number of rotatable bonds is 3. The van der Waals surface area contributed by atoms with Crippen LogP contribution >= 0.6 is 0 Å². The van der Waals surface area contributed by atoms with Gasteiger partial charge in [0.25, 0.3) is 0 Å². The topological polar surface area (TPSA) is 51.0 Å². The predicted octanol–water partition coefficient (Wildman–Crippen LogP) is 1.98. The zero-order valence-corrected chi connectivity index (χ0v) is 12.7. The van der Waals surface area contributed by atoms with Gasteiger partial charge in [0.05, 0.1) is 12.6 Å². The van der Waals surface area contributed by atoms with Crippen LogP contribution in [0, 0.1) is 13.8 Å². The largest absolute Gasteiger partial charge is 0.315 e. The van der Waals surface area contributed by atoms with E-state index in [1.165, 1.54) is 5.56 Å². The zero-order valence-electron chi connectivity index (χ0n) is 12.7. The number of carbonyl (C=O) groups excluding carboxylic acids is 1. The van der Waals surface area contributed by atoms with E-state index in [9.17, 15) is 4.79 Å². The Balaban J connectivity index is 1.77. The summed E-state index contributed by atoms with van der Waals surface area (Å²) in [5, 5.41) is 8.03. The molecule has 1 unspecified atom stereocenters. The van der Waals surface area contributed by atoms with E-state index in [1.54, 1.807) is 6.33 Å². The molecule has 5 nitrogen and oxygen atoms in total. The number of nitrogens with zero attached hydrogens (tertiary/aromatic N) is 4. The summed E-state index contributed by atoms with van der Waals surface area (Å²) in [6.07, 6.45) is 1.75. The highest BCUT2D eigenvalue weighted by Gasteiger charge is 2.27. The molecule has 1 aromatic carbocycles. The Hall–Kier alpha value is -2.01. The first-order chi connectivity index (χ1) is 10.1. The van der Waals surface area contributed by atoms with Crippen LogP contribution in [0.25, 0.3) is 0 Å². The second kappa shape index (κ2) is 5.41. The summed E-state index contributed by atoms with van der Waals surface area (Å²) >= 11 is 0. The van der Waals surface area contributed by atoms with Gasteiger partial charge in [0.2, 0.25) is 0 Å². The molecule has 1 atom stereocenters. The number of hydrogen-bond donors (Lipinski definition) is 0. The summed E-state index contributed by atoms with van der Waals surface area (Å²) in [5.74, 6) is 1.10. The van der Waals surface area contributed by atoms with Crippen LogP contribution in [-0.2, 0) is 13.1 Å². The highest BCUT2D eigenvalue weighted by Crippen LogP contribution is 2.17. The number of aryl methyl sites for hydroxylation is 2. The van der Waals surface area contributed by atoms with Gasteiger partial charge in [0.15, 0.2) is 5.78 Å². The number of carbonyl (C=O) groups is 1. The zero-order chi connectivity index (χ0) is 15.0. The van der Waals surface area contributed by atoms with Gasteiger partial charge in [-0.2, -0.15) is 0 Å². The lowest BCUT2D eigenvalue weighted by molar-refractivity contribution is 0.0793. The fourth-order valence-corrected chi connectivity index (χ4v) is 2.72. The molecule has 1 aliphatic rings. The molecule has 0 saturated carbocycles. The molecule has 0 bridgehead atoms. The second-order valence-corrected chi connectivity index (χ2v) is 5.75. The van der Waals surface area contributed by atoms with Crippen molar-refractivity contribution in [2.45, 2.75) is 39.9 Å². The lowest BCUT2D eigenvalue weighted by atomic mass is 9.99. The van der Waals surface area contributed by atoms with Crippen molar-refractivity contribution in [1.82, 2.24) is 19.7 Å². The van der Waals surface area contributed by atoms with Gasteiger partial charge in [-0.25, -0.2) is 0 Å². The minimum atomic E-state index is -0.141. The average Bonchev–Trinajstić information content (AvgIpc) is 2.96. The van der Waals surface area contributed by atoms with Crippen LogP contribution in [0.1, 0.15) is 34.2 Å². The van der Waals surface area contributed by atoms with Crippen LogP contribution in [0.2, 0.25) is 0 Å². The summed E-state index contributed by atoms with van der Waals surface area (Å²) in [5.41, 5.74) is 3.16. The molecule has 0 spiro atoms. The lowest BCUT2D eigenvalue weighted by Crippen LogP contribution is -2.43. The molecule has 21 heavy (non-hydrogen) atoms. The fourth-order valence-electron chi connectivity index (χ4n) is 2.72. The van der Waals surface area contributed by atoms with Crippen molar-refractivity contribution in [2.75, 3.05) is 6.54 Å². The highest BCUT2D eigenvalue weighted by molar-refractivity contribution is 6.00. The van der Waals surface area contributed by atoms with Crippen LogP contribution in [0.3, 0.4) is 0 Å². The third-order valence-corrected chi connectivity index (χ3v) is 4.39. The monoisotopic (exact) mass is 284 g/mol. The number of aromatic nitrogens is 3. The van der Waals surface area contributed by atoms with Gasteiger partial charge < -0.3 is 4.57 Å². The number of benzene rings is 1. The Bertz CT molecular complexity index is 677. The molecular weight excluding hydrogens is 264 g/mol. The molecule has 0 amide bonds. The van der Waals surface area contributed by atoms with Crippen molar-refractivity contribution < 1.29 is 4.79 Å². The maximum atomic E-state index is 12.7. The number of Topliss-reactive ketones (excluding diaryl/α,β-unsaturated/α-hetero) is 1. The molecule has 1 aromatic heterocycles. The first-order valence-electron chi connectivity index (χ1n) is 7.28. The minimum Gasteiger partial charge on any atom is -0.315 e. The van der Waals surface area contributed by atoms with Gasteiger partial charge in [-0.05, 0) is 38.0 Å². The lowest BCUT2D eigenvalue weighted by Gasteiger charge is -2.31. The molecule has 3 rings (SSSR count). The van der Waals surface area contributed by atoms with Crippen molar-refractivity contribution >= 4 is 5.78 Å². The van der Waals surface area contributed by atoms with Gasteiger partial charge in [-0.1, -0.05) is 12.1 Å². The summed E-state index contributed by atoms with van der Waals surface area (Å²) in [6, 6.07) is 5.79. The van der Waals surface area contributed by atoms with Gasteiger partial charge in [-0.3, -0.25) is 9.69 Å². The average molecular weight is 284 g/mol. The van der Waals surface area contributed by atoms with Crippen LogP contribution < -0.4 is 0 Å². The first-order valence-corrected chi connectivity index (χ1v) is 7.28. The predicted molar refractivity (Wildman–Crippen MR) is 80.1 cm³/mol. The standard InChI is InChI=1S/C16H20N4O/c1-11-4-5-14(8-12(11)2)16(21)13(3)19-6-7-20-10-17-18-15(20)9-19/h4-5,8,10,13H,6-7,9H2,1-3H3. The number of fused-ring (bicyclic) bond motifs is 1. The summed E-state index contributed by atoms with van der Waals surface area (Å²) in [4.78, 5) is 14.8. The van der Waals surface area contributed by atoms with Gasteiger partial charge >= 0.3 is 0 Å². The molecule has 110 valence electrons.